The fourth-order valence-corrected chi connectivity index (χ4v) is 4.64. The third-order valence-electron chi connectivity index (χ3n) is 6.62. The molecule has 0 atom stereocenters. The lowest BCUT2D eigenvalue weighted by molar-refractivity contribution is 0.0432. The summed E-state index contributed by atoms with van der Waals surface area (Å²) in [7, 11) is 1.53. The Morgan fingerprint density at radius 1 is 1.21 bits per heavy atom. The topological polar surface area (TPSA) is 125 Å². The van der Waals surface area contributed by atoms with Crippen LogP contribution in [-0.4, -0.2) is 87.2 Å². The average Bonchev–Trinajstić information content (AvgIpc) is 2.92. The van der Waals surface area contributed by atoms with Crippen LogP contribution >= 0.6 is 11.6 Å². The molecule has 12 heteroatoms. The molecule has 3 aliphatic rings. The lowest BCUT2D eigenvalue weighted by atomic mass is 10.0. The van der Waals surface area contributed by atoms with Gasteiger partial charge < -0.3 is 40.4 Å². The molecule has 2 fully saturated rings. The van der Waals surface area contributed by atoms with Crippen LogP contribution in [0.2, 0.25) is 5.02 Å². The van der Waals surface area contributed by atoms with Crippen LogP contribution in [0.1, 0.15) is 12.8 Å². The number of carbonyl (C=O) groups excluding carboxylic acids is 1. The number of ether oxygens (including phenoxy) is 3. The minimum atomic E-state index is -0.527. The van der Waals surface area contributed by atoms with E-state index >= 15 is 0 Å². The van der Waals surface area contributed by atoms with E-state index in [0.29, 0.717) is 55.6 Å². The van der Waals surface area contributed by atoms with Gasteiger partial charge in [0, 0.05) is 56.6 Å². The van der Waals surface area contributed by atoms with E-state index in [2.05, 4.69) is 15.5 Å². The van der Waals surface area contributed by atoms with Crippen LogP contribution < -0.4 is 16.4 Å². The van der Waals surface area contributed by atoms with Gasteiger partial charge in [0.05, 0.1) is 31.1 Å². The van der Waals surface area contributed by atoms with E-state index in [1.54, 1.807) is 17.1 Å². The van der Waals surface area contributed by atoms with Gasteiger partial charge in [0.1, 0.15) is 17.7 Å². The molecule has 0 aromatic heterocycles. The van der Waals surface area contributed by atoms with Crippen molar-refractivity contribution in [2.24, 2.45) is 5.73 Å². The Morgan fingerprint density at radius 2 is 1.95 bits per heavy atom. The molecular weight excluding hydrogens is 515 g/mol. The molecule has 206 valence electrons. The van der Waals surface area contributed by atoms with E-state index in [9.17, 15) is 9.18 Å². The molecule has 0 saturated carbocycles. The lowest BCUT2D eigenvalue weighted by Gasteiger charge is -2.33. The van der Waals surface area contributed by atoms with E-state index < -0.39 is 5.82 Å². The first-order valence-corrected chi connectivity index (χ1v) is 13.0. The van der Waals surface area contributed by atoms with Crippen molar-refractivity contribution in [1.29, 1.82) is 5.41 Å². The summed E-state index contributed by atoms with van der Waals surface area (Å²) in [5.41, 5.74) is 7.33. The van der Waals surface area contributed by atoms with Gasteiger partial charge in [-0.3, -0.25) is 5.41 Å². The smallest absolute Gasteiger partial charge is 0.317 e. The Kier molecular flexibility index (Phi) is 9.48. The molecule has 2 saturated heterocycles. The number of hydrogen-bond acceptors (Lipinski definition) is 8. The van der Waals surface area contributed by atoms with Gasteiger partial charge in [-0.1, -0.05) is 11.6 Å². The van der Waals surface area contributed by atoms with Gasteiger partial charge in [-0.15, -0.1) is 0 Å². The number of morpholine rings is 1. The molecule has 0 unspecified atom stereocenters. The molecular formula is C26H34ClFN6O4. The fraction of sp³-hybridized carbons (Fsp3) is 0.462. The van der Waals surface area contributed by atoms with Crippen molar-refractivity contribution in [3.05, 3.63) is 64.1 Å². The Hall–Kier alpha value is -3.28. The molecule has 0 radical (unpaired) electrons. The van der Waals surface area contributed by atoms with E-state index in [1.807, 2.05) is 0 Å². The zero-order valence-electron chi connectivity index (χ0n) is 21.4. The fourth-order valence-electron chi connectivity index (χ4n) is 4.46. The molecule has 2 amide bonds. The van der Waals surface area contributed by atoms with Gasteiger partial charge >= 0.3 is 6.03 Å². The third-order valence-corrected chi connectivity index (χ3v) is 6.91. The molecule has 1 aromatic rings. The first kappa shape index (κ1) is 27.7. The molecule has 1 aliphatic carbocycles. The maximum absolute atomic E-state index is 13.5. The second kappa shape index (κ2) is 13.0. The summed E-state index contributed by atoms with van der Waals surface area (Å²) >= 11 is 5.87. The van der Waals surface area contributed by atoms with Crippen LogP contribution in [0.25, 0.3) is 0 Å². The Bertz CT molecular complexity index is 1130. The van der Waals surface area contributed by atoms with E-state index in [1.165, 1.54) is 25.3 Å². The van der Waals surface area contributed by atoms with Crippen LogP contribution in [0.4, 0.5) is 14.9 Å². The minimum Gasteiger partial charge on any atom is -0.493 e. The van der Waals surface area contributed by atoms with E-state index in [-0.39, 0.29) is 28.7 Å². The van der Waals surface area contributed by atoms with Gasteiger partial charge in [0.2, 0.25) is 0 Å². The van der Waals surface area contributed by atoms with E-state index in [4.69, 9.17) is 37.0 Å². The number of nitrogens with one attached hydrogen (secondary N) is 3. The van der Waals surface area contributed by atoms with E-state index in [0.717, 1.165) is 32.5 Å². The highest BCUT2D eigenvalue weighted by molar-refractivity contribution is 6.31. The summed E-state index contributed by atoms with van der Waals surface area (Å²) in [6, 6.07) is 4.14. The standard InChI is InChI=1S/C26H34ClFN6O4/c1-36-23-16-22(29)19(25(30)32-17-2-3-21(28)20(27)14-17)15-24(23)38-18-4-7-33(8-5-18)9-6-31-26(35)34-10-12-37-13-11-34/h2-3,14-16,18,29,32H,4-13,30H2,1H3,(H,31,35)/b25-19+,29-22?. The summed E-state index contributed by atoms with van der Waals surface area (Å²) in [5, 5.41) is 14.3. The molecule has 10 nitrogen and oxygen atoms in total. The zero-order valence-corrected chi connectivity index (χ0v) is 22.2. The molecule has 38 heavy (non-hydrogen) atoms. The summed E-state index contributed by atoms with van der Waals surface area (Å²) in [6.07, 6.45) is 4.83. The molecule has 2 heterocycles. The summed E-state index contributed by atoms with van der Waals surface area (Å²) in [6.45, 7) is 5.46. The second-order valence-electron chi connectivity index (χ2n) is 9.21. The highest BCUT2D eigenvalue weighted by atomic mass is 35.5. The number of urea groups is 1. The first-order chi connectivity index (χ1) is 18.3. The number of amides is 2. The van der Waals surface area contributed by atoms with Crippen molar-refractivity contribution in [1.82, 2.24) is 15.1 Å². The largest absolute Gasteiger partial charge is 0.493 e. The maximum atomic E-state index is 13.5. The van der Waals surface area contributed by atoms with Gasteiger partial charge in [-0.25, -0.2) is 9.18 Å². The van der Waals surface area contributed by atoms with Gasteiger partial charge in [-0.2, -0.15) is 0 Å². The van der Waals surface area contributed by atoms with Crippen molar-refractivity contribution >= 4 is 29.0 Å². The van der Waals surface area contributed by atoms with Crippen LogP contribution in [0, 0.1) is 11.2 Å². The van der Waals surface area contributed by atoms with Gasteiger partial charge in [0.25, 0.3) is 0 Å². The predicted octanol–water partition coefficient (Wildman–Crippen LogP) is 3.03. The van der Waals surface area contributed by atoms with Crippen molar-refractivity contribution in [2.75, 3.05) is 64.9 Å². The molecule has 5 N–H and O–H groups in total. The second-order valence-corrected chi connectivity index (χ2v) is 9.61. The molecule has 2 aliphatic heterocycles. The maximum Gasteiger partial charge on any atom is 0.317 e. The Morgan fingerprint density at radius 3 is 2.63 bits per heavy atom. The number of likely N-dealkylation sites (tertiary alicyclic amines) is 1. The number of rotatable bonds is 8. The quantitative estimate of drug-likeness (QED) is 0.393. The minimum absolute atomic E-state index is 0.0292. The van der Waals surface area contributed by atoms with Gasteiger partial charge in [0.15, 0.2) is 11.5 Å². The monoisotopic (exact) mass is 548 g/mol. The van der Waals surface area contributed by atoms with Crippen molar-refractivity contribution in [3.8, 4) is 0 Å². The van der Waals surface area contributed by atoms with Crippen molar-refractivity contribution in [2.45, 2.75) is 18.9 Å². The molecule has 4 rings (SSSR count). The highest BCUT2D eigenvalue weighted by Gasteiger charge is 2.26. The van der Waals surface area contributed by atoms with Crippen LogP contribution in [0.5, 0.6) is 0 Å². The average molecular weight is 549 g/mol. The number of nitrogens with zero attached hydrogens (tertiary/aromatic N) is 2. The highest BCUT2D eigenvalue weighted by Crippen LogP contribution is 2.28. The summed E-state index contributed by atoms with van der Waals surface area (Å²) < 4.78 is 30.5. The Balaban J connectivity index is 1.30. The lowest BCUT2D eigenvalue weighted by Crippen LogP contribution is -2.48. The van der Waals surface area contributed by atoms with Crippen molar-refractivity contribution < 1.29 is 23.4 Å². The zero-order chi connectivity index (χ0) is 27.1. The number of anilines is 1. The predicted molar refractivity (Wildman–Crippen MR) is 143 cm³/mol. The summed E-state index contributed by atoms with van der Waals surface area (Å²) in [5.74, 6) is 0.626. The number of halogens is 2. The number of allylic oxidation sites excluding steroid dienone is 3. The van der Waals surface area contributed by atoms with Crippen LogP contribution in [0.15, 0.2) is 53.3 Å². The third kappa shape index (κ3) is 7.18. The number of hydrogen-bond donors (Lipinski definition) is 4. The van der Waals surface area contributed by atoms with Crippen molar-refractivity contribution in [3.63, 3.8) is 0 Å². The molecule has 1 aromatic carbocycles. The number of carbonyl (C=O) groups is 1. The van der Waals surface area contributed by atoms with Crippen LogP contribution in [0.3, 0.4) is 0 Å². The summed E-state index contributed by atoms with van der Waals surface area (Å²) in [4.78, 5) is 16.3. The number of nitrogens with two attached hydrogens (primary N) is 1. The van der Waals surface area contributed by atoms with Crippen LogP contribution in [-0.2, 0) is 14.2 Å². The molecule has 0 spiro atoms. The van der Waals surface area contributed by atoms with Gasteiger partial charge in [-0.05, 0) is 37.1 Å². The number of methoxy groups -OCH3 is 1. The SMILES string of the molecule is COC1=CC(=N)/C(=C(\N)Nc2ccc(F)c(Cl)c2)C=C1OC1CCN(CCNC(=O)N2CCOCC2)CC1. The number of piperidine rings is 1. The first-order valence-electron chi connectivity index (χ1n) is 12.6. The molecule has 0 bridgehead atoms. The number of benzene rings is 1. The Labute approximate surface area is 226 Å². The normalized spacial score (nSPS) is 20.4.